The number of benzene rings is 8. The monoisotopic (exact) mass is 690 g/mol. The molecule has 54 heavy (non-hydrogen) atoms. The molecule has 5 nitrogen and oxygen atoms in total. The molecule has 5 heteroatoms. The molecule has 0 aliphatic rings. The van der Waals surface area contributed by atoms with E-state index in [0.717, 1.165) is 55.4 Å². The van der Waals surface area contributed by atoms with Gasteiger partial charge in [0.05, 0.1) is 11.0 Å². The molecule has 0 saturated heterocycles. The molecule has 252 valence electrons. The lowest BCUT2D eigenvalue weighted by molar-refractivity contribution is 0.669. The van der Waals surface area contributed by atoms with E-state index in [2.05, 4.69) is 108 Å². The van der Waals surface area contributed by atoms with Crippen molar-refractivity contribution in [2.24, 2.45) is 0 Å². The van der Waals surface area contributed by atoms with Crippen LogP contribution in [0.5, 0.6) is 0 Å². The van der Waals surface area contributed by atoms with Crippen molar-refractivity contribution < 1.29 is 4.42 Å². The summed E-state index contributed by atoms with van der Waals surface area (Å²) in [7, 11) is 0. The molecule has 0 radical (unpaired) electrons. The van der Waals surface area contributed by atoms with Crippen molar-refractivity contribution in [3.05, 3.63) is 182 Å². The van der Waals surface area contributed by atoms with E-state index in [0.29, 0.717) is 17.5 Å². The average molecular weight is 691 g/mol. The first kappa shape index (κ1) is 30.3. The summed E-state index contributed by atoms with van der Waals surface area (Å²) in [6.07, 6.45) is 0. The van der Waals surface area contributed by atoms with Gasteiger partial charge in [-0.15, -0.1) is 0 Å². The van der Waals surface area contributed by atoms with Gasteiger partial charge in [-0.05, 0) is 70.4 Å². The van der Waals surface area contributed by atoms with Gasteiger partial charge < -0.3 is 8.98 Å². The Morgan fingerprint density at radius 2 is 0.981 bits per heavy atom. The van der Waals surface area contributed by atoms with E-state index in [-0.39, 0.29) is 0 Å². The van der Waals surface area contributed by atoms with E-state index in [9.17, 15) is 0 Å². The Morgan fingerprint density at radius 1 is 0.370 bits per heavy atom. The number of furan rings is 1. The average Bonchev–Trinajstić information content (AvgIpc) is 3.78. The first-order chi connectivity index (χ1) is 26.7. The third-order valence-corrected chi connectivity index (χ3v) is 10.4. The standard InChI is InChI=1S/C49H30N4O/c1-3-14-31(15-4-1)47-50-48(32-16-5-2-6-17-32)52-49(51-47)41-28-36(30-45-46(41)39-23-10-12-25-44(39)54-45)33-20-13-21-37(26-33)53-42-24-11-9-22-38(42)40-27-34-18-7-8-19-35(34)29-43(40)53/h1-30H. The Hall–Kier alpha value is -7.37. The van der Waals surface area contributed by atoms with Crippen LogP contribution in [0.4, 0.5) is 0 Å². The molecular formula is C49H30N4O. The van der Waals surface area contributed by atoms with Crippen LogP contribution in [-0.4, -0.2) is 19.5 Å². The summed E-state index contributed by atoms with van der Waals surface area (Å²) in [4.78, 5) is 15.3. The molecule has 0 N–H and O–H groups in total. The zero-order chi connectivity index (χ0) is 35.6. The summed E-state index contributed by atoms with van der Waals surface area (Å²) in [6.45, 7) is 0. The second-order valence-corrected chi connectivity index (χ2v) is 13.7. The molecule has 0 spiro atoms. The highest BCUT2D eigenvalue weighted by molar-refractivity contribution is 6.14. The van der Waals surface area contributed by atoms with E-state index in [1.54, 1.807) is 0 Å². The van der Waals surface area contributed by atoms with E-state index in [4.69, 9.17) is 19.4 Å². The molecule has 11 aromatic rings. The molecule has 3 heterocycles. The van der Waals surface area contributed by atoms with Crippen LogP contribution < -0.4 is 0 Å². The maximum absolute atomic E-state index is 6.59. The van der Waals surface area contributed by atoms with E-state index < -0.39 is 0 Å². The summed E-state index contributed by atoms with van der Waals surface area (Å²) in [5, 5.41) is 6.91. The van der Waals surface area contributed by atoms with Crippen molar-refractivity contribution >= 4 is 54.5 Å². The topological polar surface area (TPSA) is 56.7 Å². The lowest BCUT2D eigenvalue weighted by atomic mass is 9.97. The number of rotatable bonds is 5. The molecular weight excluding hydrogens is 661 g/mol. The quantitative estimate of drug-likeness (QED) is 0.180. The molecule has 8 aromatic carbocycles. The maximum Gasteiger partial charge on any atom is 0.164 e. The van der Waals surface area contributed by atoms with Crippen LogP contribution in [0.1, 0.15) is 0 Å². The fourth-order valence-electron chi connectivity index (χ4n) is 7.88. The van der Waals surface area contributed by atoms with Crippen LogP contribution in [0, 0.1) is 0 Å². The Balaban J connectivity index is 1.15. The smallest absolute Gasteiger partial charge is 0.164 e. The summed E-state index contributed by atoms with van der Waals surface area (Å²) in [5.74, 6) is 1.82. The van der Waals surface area contributed by atoms with Crippen LogP contribution in [0.25, 0.3) is 105 Å². The summed E-state index contributed by atoms with van der Waals surface area (Å²) in [5.41, 5.74) is 9.82. The van der Waals surface area contributed by atoms with Crippen molar-refractivity contribution in [1.29, 1.82) is 0 Å². The van der Waals surface area contributed by atoms with Crippen molar-refractivity contribution in [3.63, 3.8) is 0 Å². The van der Waals surface area contributed by atoms with Gasteiger partial charge in [0.25, 0.3) is 0 Å². The Labute approximate surface area is 310 Å². The predicted molar refractivity (Wildman–Crippen MR) is 221 cm³/mol. The highest BCUT2D eigenvalue weighted by Gasteiger charge is 2.20. The minimum Gasteiger partial charge on any atom is -0.456 e. The normalized spacial score (nSPS) is 11.7. The second-order valence-electron chi connectivity index (χ2n) is 13.7. The first-order valence-electron chi connectivity index (χ1n) is 18.1. The van der Waals surface area contributed by atoms with Crippen LogP contribution >= 0.6 is 0 Å². The number of aromatic nitrogens is 4. The van der Waals surface area contributed by atoms with Gasteiger partial charge in [-0.25, -0.2) is 15.0 Å². The number of fused-ring (bicyclic) bond motifs is 7. The number of nitrogens with zero attached hydrogens (tertiary/aromatic N) is 4. The predicted octanol–water partition coefficient (Wildman–Crippen LogP) is 12.7. The third kappa shape index (κ3) is 4.90. The van der Waals surface area contributed by atoms with Gasteiger partial charge >= 0.3 is 0 Å². The molecule has 0 bridgehead atoms. The first-order valence-corrected chi connectivity index (χ1v) is 18.1. The van der Waals surface area contributed by atoms with Gasteiger partial charge in [-0.3, -0.25) is 0 Å². The summed E-state index contributed by atoms with van der Waals surface area (Å²) >= 11 is 0. The van der Waals surface area contributed by atoms with Crippen LogP contribution in [-0.2, 0) is 0 Å². The van der Waals surface area contributed by atoms with Gasteiger partial charge in [-0.1, -0.05) is 133 Å². The van der Waals surface area contributed by atoms with E-state index >= 15 is 0 Å². The molecule has 0 aliphatic carbocycles. The van der Waals surface area contributed by atoms with E-state index in [1.807, 2.05) is 78.9 Å². The van der Waals surface area contributed by atoms with Crippen LogP contribution in [0.15, 0.2) is 186 Å². The SMILES string of the molecule is c1ccc(-c2nc(-c3ccccc3)nc(-c3cc(-c4cccc(-n5c6ccccc6c6cc7ccccc7cc65)c4)cc4oc5ccccc5c34)n2)cc1. The Morgan fingerprint density at radius 3 is 1.74 bits per heavy atom. The number of hydrogen-bond donors (Lipinski definition) is 0. The zero-order valence-electron chi connectivity index (χ0n) is 29.0. The van der Waals surface area contributed by atoms with Crippen molar-refractivity contribution in [2.75, 3.05) is 0 Å². The molecule has 0 atom stereocenters. The maximum atomic E-state index is 6.59. The van der Waals surface area contributed by atoms with Gasteiger partial charge in [0.1, 0.15) is 11.2 Å². The van der Waals surface area contributed by atoms with Crippen LogP contribution in [0.3, 0.4) is 0 Å². The van der Waals surface area contributed by atoms with Gasteiger partial charge in [0, 0.05) is 43.9 Å². The van der Waals surface area contributed by atoms with Crippen molar-refractivity contribution in [3.8, 4) is 51.0 Å². The molecule has 0 unspecified atom stereocenters. The second kappa shape index (κ2) is 12.1. The lowest BCUT2D eigenvalue weighted by Crippen LogP contribution is -2.00. The molecule has 0 saturated carbocycles. The fraction of sp³-hybridized carbons (Fsp3) is 0. The minimum atomic E-state index is 0.589. The largest absolute Gasteiger partial charge is 0.456 e. The highest BCUT2D eigenvalue weighted by Crippen LogP contribution is 2.41. The van der Waals surface area contributed by atoms with Gasteiger partial charge in [-0.2, -0.15) is 0 Å². The van der Waals surface area contributed by atoms with E-state index in [1.165, 1.54) is 32.6 Å². The number of hydrogen-bond acceptors (Lipinski definition) is 4. The fourth-order valence-corrected chi connectivity index (χ4v) is 7.88. The summed E-state index contributed by atoms with van der Waals surface area (Å²) in [6, 6.07) is 63.4. The summed E-state index contributed by atoms with van der Waals surface area (Å²) < 4.78 is 8.97. The zero-order valence-corrected chi connectivity index (χ0v) is 29.0. The van der Waals surface area contributed by atoms with Crippen LogP contribution in [0.2, 0.25) is 0 Å². The lowest BCUT2D eigenvalue weighted by Gasteiger charge is -2.13. The highest BCUT2D eigenvalue weighted by atomic mass is 16.3. The van der Waals surface area contributed by atoms with Gasteiger partial charge in [0.2, 0.25) is 0 Å². The minimum absolute atomic E-state index is 0.589. The van der Waals surface area contributed by atoms with Crippen molar-refractivity contribution in [2.45, 2.75) is 0 Å². The molecule has 0 fully saturated rings. The molecule has 0 aliphatic heterocycles. The molecule has 11 rings (SSSR count). The number of para-hydroxylation sites is 2. The molecule has 3 aromatic heterocycles. The van der Waals surface area contributed by atoms with Crippen molar-refractivity contribution in [1.82, 2.24) is 19.5 Å². The Kier molecular flexibility index (Phi) is 6.79. The molecule has 0 amide bonds. The van der Waals surface area contributed by atoms with Gasteiger partial charge in [0.15, 0.2) is 17.5 Å². The third-order valence-electron chi connectivity index (χ3n) is 10.4. The Bertz CT molecular complexity index is 3160.